The van der Waals surface area contributed by atoms with Crippen molar-refractivity contribution in [2.24, 2.45) is 0 Å². The molecular weight excluding hydrogens is 326 g/mol. The van der Waals surface area contributed by atoms with Gasteiger partial charge in [0.05, 0.1) is 18.3 Å². The molecule has 1 aromatic heterocycles. The molecule has 2 heterocycles. The van der Waals surface area contributed by atoms with Crippen molar-refractivity contribution in [1.29, 1.82) is 5.26 Å². The number of aromatic nitrogens is 2. The summed E-state index contributed by atoms with van der Waals surface area (Å²) in [5.74, 6) is 2.19. The lowest BCUT2D eigenvalue weighted by atomic mass is 10.1. The van der Waals surface area contributed by atoms with Crippen LogP contribution < -0.4 is 10.5 Å². The molecule has 3 aromatic rings. The maximum absolute atomic E-state index is 9.02. The molecule has 6 heteroatoms. The van der Waals surface area contributed by atoms with Crippen molar-refractivity contribution >= 4 is 5.82 Å². The van der Waals surface area contributed by atoms with Crippen LogP contribution in [0, 0.1) is 11.5 Å². The van der Waals surface area contributed by atoms with Gasteiger partial charge >= 0.3 is 0 Å². The topological polar surface area (TPSA) is 80.1 Å². The van der Waals surface area contributed by atoms with E-state index >= 15 is 0 Å². The first-order chi connectivity index (χ1) is 12.7. The minimum absolute atomic E-state index is 0.143. The molecule has 4 rings (SSSR count). The van der Waals surface area contributed by atoms with E-state index in [9.17, 15) is 0 Å². The summed E-state index contributed by atoms with van der Waals surface area (Å²) in [6, 6.07) is 19.5. The van der Waals surface area contributed by atoms with E-state index in [4.69, 9.17) is 15.7 Å². The fourth-order valence-electron chi connectivity index (χ4n) is 3.19. The number of para-hydroxylation sites is 1. The van der Waals surface area contributed by atoms with Gasteiger partial charge in [0.25, 0.3) is 0 Å². The lowest BCUT2D eigenvalue weighted by Crippen LogP contribution is -2.18. The zero-order valence-electron chi connectivity index (χ0n) is 14.2. The second kappa shape index (κ2) is 6.81. The van der Waals surface area contributed by atoms with Crippen LogP contribution in [0.5, 0.6) is 11.5 Å². The van der Waals surface area contributed by atoms with Crippen LogP contribution in [0.25, 0.3) is 11.3 Å². The Balaban J connectivity index is 1.51. The van der Waals surface area contributed by atoms with Crippen molar-refractivity contribution in [1.82, 2.24) is 14.7 Å². The number of ether oxygens (including phenoxy) is 1. The molecule has 1 unspecified atom stereocenters. The van der Waals surface area contributed by atoms with Gasteiger partial charge in [0, 0.05) is 18.2 Å². The number of nitrogens with zero attached hydrogens (tertiary/aromatic N) is 4. The molecule has 2 N–H and O–H groups in total. The van der Waals surface area contributed by atoms with Crippen LogP contribution in [-0.4, -0.2) is 27.8 Å². The Morgan fingerprint density at radius 2 is 1.81 bits per heavy atom. The first-order valence-electron chi connectivity index (χ1n) is 8.56. The summed E-state index contributed by atoms with van der Waals surface area (Å²) in [5, 5.41) is 13.7. The van der Waals surface area contributed by atoms with Crippen molar-refractivity contribution in [2.45, 2.75) is 12.5 Å². The van der Waals surface area contributed by atoms with Crippen LogP contribution in [0.2, 0.25) is 0 Å². The Hall–Kier alpha value is -3.46. The Morgan fingerprint density at radius 3 is 2.50 bits per heavy atom. The van der Waals surface area contributed by atoms with Gasteiger partial charge in [-0.1, -0.05) is 18.2 Å². The molecule has 0 bridgehead atoms. The number of likely N-dealkylation sites (tertiary alicyclic amines) is 1. The van der Waals surface area contributed by atoms with E-state index in [2.05, 4.69) is 11.3 Å². The van der Waals surface area contributed by atoms with Crippen molar-refractivity contribution in [2.75, 3.05) is 18.8 Å². The zero-order valence-corrected chi connectivity index (χ0v) is 14.2. The third-order valence-corrected chi connectivity index (χ3v) is 4.54. The Morgan fingerprint density at radius 1 is 1.08 bits per heavy atom. The van der Waals surface area contributed by atoms with Gasteiger partial charge in [0.2, 0.25) is 0 Å². The summed E-state index contributed by atoms with van der Waals surface area (Å²) < 4.78 is 7.65. The predicted molar refractivity (Wildman–Crippen MR) is 99.4 cm³/mol. The van der Waals surface area contributed by atoms with Gasteiger partial charge < -0.3 is 15.4 Å². The van der Waals surface area contributed by atoms with Gasteiger partial charge in [-0.3, -0.25) is 0 Å². The number of nitrogens with two attached hydrogens (primary N) is 1. The highest BCUT2D eigenvalue weighted by Crippen LogP contribution is 2.29. The van der Waals surface area contributed by atoms with Crippen LogP contribution in [-0.2, 0) is 0 Å². The summed E-state index contributed by atoms with van der Waals surface area (Å²) in [4.78, 5) is 1.74. The summed E-state index contributed by atoms with van der Waals surface area (Å²) in [6.45, 7) is 1.41. The SMILES string of the molecule is N#CN1CCC(n2nc(-c3ccc(Oc4ccccc4)cc3)cc2N)C1. The third-order valence-electron chi connectivity index (χ3n) is 4.54. The number of rotatable bonds is 4. The van der Waals surface area contributed by atoms with Gasteiger partial charge in [-0.25, -0.2) is 4.68 Å². The molecule has 0 radical (unpaired) electrons. The van der Waals surface area contributed by atoms with Crippen molar-refractivity contribution in [3.05, 3.63) is 60.7 Å². The monoisotopic (exact) mass is 345 g/mol. The van der Waals surface area contributed by atoms with E-state index in [1.807, 2.05) is 65.3 Å². The first kappa shape index (κ1) is 16.0. The van der Waals surface area contributed by atoms with Gasteiger partial charge in [0.15, 0.2) is 6.19 Å². The largest absolute Gasteiger partial charge is 0.457 e. The molecule has 130 valence electrons. The molecule has 1 saturated heterocycles. The first-order valence-corrected chi connectivity index (χ1v) is 8.56. The Kier molecular flexibility index (Phi) is 4.20. The number of anilines is 1. The molecule has 0 spiro atoms. The highest BCUT2D eigenvalue weighted by Gasteiger charge is 2.25. The molecule has 2 aromatic carbocycles. The molecule has 1 aliphatic heterocycles. The average molecular weight is 345 g/mol. The van der Waals surface area contributed by atoms with Crippen molar-refractivity contribution in [3.63, 3.8) is 0 Å². The van der Waals surface area contributed by atoms with Crippen molar-refractivity contribution in [3.8, 4) is 28.9 Å². The van der Waals surface area contributed by atoms with Crippen LogP contribution >= 0.6 is 0 Å². The smallest absolute Gasteiger partial charge is 0.179 e. The maximum atomic E-state index is 9.02. The van der Waals surface area contributed by atoms with Crippen molar-refractivity contribution < 1.29 is 4.74 Å². The highest BCUT2D eigenvalue weighted by molar-refractivity contribution is 5.63. The van der Waals surface area contributed by atoms with E-state index in [1.165, 1.54) is 0 Å². The number of benzene rings is 2. The van der Waals surface area contributed by atoms with Gasteiger partial charge in [0.1, 0.15) is 17.3 Å². The summed E-state index contributed by atoms with van der Waals surface area (Å²) in [5.41, 5.74) is 7.95. The predicted octanol–water partition coefficient (Wildman–Crippen LogP) is 3.65. The molecular formula is C20H19N5O. The lowest BCUT2D eigenvalue weighted by Gasteiger charge is -2.11. The Labute approximate surface area is 152 Å². The van der Waals surface area contributed by atoms with E-state index in [0.29, 0.717) is 12.4 Å². The Bertz CT molecular complexity index is 927. The molecule has 26 heavy (non-hydrogen) atoms. The van der Waals surface area contributed by atoms with E-state index in [-0.39, 0.29) is 6.04 Å². The number of nitrogen functional groups attached to an aromatic ring is 1. The molecule has 1 atom stereocenters. The zero-order chi connectivity index (χ0) is 17.9. The van der Waals surface area contributed by atoms with Gasteiger partial charge in [-0.05, 0) is 42.8 Å². The highest BCUT2D eigenvalue weighted by atomic mass is 16.5. The van der Waals surface area contributed by atoms with Gasteiger partial charge in [-0.15, -0.1) is 0 Å². The maximum Gasteiger partial charge on any atom is 0.179 e. The van der Waals surface area contributed by atoms with E-state index in [1.54, 1.807) is 4.90 Å². The normalized spacial score (nSPS) is 16.4. The van der Waals surface area contributed by atoms with Crippen LogP contribution in [0.1, 0.15) is 12.5 Å². The number of hydrogen-bond acceptors (Lipinski definition) is 5. The fourth-order valence-corrected chi connectivity index (χ4v) is 3.19. The molecule has 1 fully saturated rings. The molecule has 0 amide bonds. The third kappa shape index (κ3) is 3.20. The quantitative estimate of drug-likeness (QED) is 0.730. The minimum atomic E-state index is 0.143. The number of hydrogen-bond donors (Lipinski definition) is 1. The lowest BCUT2D eigenvalue weighted by molar-refractivity contribution is 0.431. The van der Waals surface area contributed by atoms with Crippen LogP contribution in [0.3, 0.4) is 0 Å². The second-order valence-electron chi connectivity index (χ2n) is 6.33. The van der Waals surface area contributed by atoms with Crippen LogP contribution in [0.4, 0.5) is 5.82 Å². The standard InChI is InChI=1S/C20H19N5O/c21-14-24-11-10-16(13-24)25-20(22)12-19(23-25)15-6-8-18(9-7-15)26-17-4-2-1-3-5-17/h1-9,12,16H,10-11,13,22H2. The average Bonchev–Trinajstić information content (AvgIpc) is 3.29. The summed E-state index contributed by atoms with van der Waals surface area (Å²) in [7, 11) is 0. The van der Waals surface area contributed by atoms with Crippen LogP contribution in [0.15, 0.2) is 60.7 Å². The second-order valence-corrected chi connectivity index (χ2v) is 6.33. The minimum Gasteiger partial charge on any atom is -0.457 e. The summed E-state index contributed by atoms with van der Waals surface area (Å²) in [6.07, 6.45) is 3.06. The van der Waals surface area contributed by atoms with E-state index < -0.39 is 0 Å². The fraction of sp³-hybridized carbons (Fsp3) is 0.200. The number of nitriles is 1. The molecule has 0 saturated carbocycles. The van der Waals surface area contributed by atoms with Gasteiger partial charge in [-0.2, -0.15) is 10.4 Å². The van der Waals surface area contributed by atoms with E-state index in [0.717, 1.165) is 35.7 Å². The molecule has 1 aliphatic rings. The summed E-state index contributed by atoms with van der Waals surface area (Å²) >= 11 is 0. The molecule has 6 nitrogen and oxygen atoms in total. The molecule has 0 aliphatic carbocycles.